The van der Waals surface area contributed by atoms with Crippen LogP contribution in [0.5, 0.6) is 5.75 Å². The van der Waals surface area contributed by atoms with Crippen LogP contribution in [-0.4, -0.2) is 13.7 Å². The first-order valence-electron chi connectivity index (χ1n) is 4.69. The summed E-state index contributed by atoms with van der Waals surface area (Å²) in [5, 5.41) is 2.81. The third-order valence-electron chi connectivity index (χ3n) is 2.56. The van der Waals surface area contributed by atoms with Crippen LogP contribution in [0.2, 0.25) is 0 Å². The molecule has 0 saturated heterocycles. The maximum absolute atomic E-state index is 12.5. The van der Waals surface area contributed by atoms with Gasteiger partial charge in [-0.1, -0.05) is 25.5 Å². The van der Waals surface area contributed by atoms with Gasteiger partial charge >= 0.3 is 10.2 Å². The van der Waals surface area contributed by atoms with E-state index in [-0.39, 0.29) is 18.4 Å². The summed E-state index contributed by atoms with van der Waals surface area (Å²) in [7, 11) is -8.00. The minimum absolute atomic E-state index is 0.135. The molecule has 1 heterocycles. The molecule has 8 heteroatoms. The van der Waals surface area contributed by atoms with Gasteiger partial charge in [-0.25, -0.2) is 0 Å². The lowest BCUT2D eigenvalue weighted by atomic mass is 10.1. The second-order valence-corrected chi connectivity index (χ2v) is 6.23. The predicted octanol–water partition coefficient (Wildman–Crippen LogP) is 4.00. The molecule has 17 heavy (non-hydrogen) atoms. The normalized spacial score (nSPS) is 23.5. The number of rotatable bonds is 2. The van der Waals surface area contributed by atoms with Crippen LogP contribution < -0.4 is 10.1 Å². The van der Waals surface area contributed by atoms with Crippen molar-refractivity contribution in [1.82, 2.24) is 5.32 Å². The van der Waals surface area contributed by atoms with Crippen molar-refractivity contribution in [2.45, 2.75) is 10.9 Å². The first-order valence-corrected chi connectivity index (χ1v) is 6.64. The topological polar surface area (TPSA) is 21.3 Å². The second-order valence-electron chi connectivity index (χ2n) is 3.82. The summed E-state index contributed by atoms with van der Waals surface area (Å²) in [6.45, 7) is 0.135. The summed E-state index contributed by atoms with van der Waals surface area (Å²) in [5.74, 6) is -0.143. The minimum atomic E-state index is -9.61. The molecule has 2 rings (SSSR count). The molecule has 0 aromatic heterocycles. The summed E-state index contributed by atoms with van der Waals surface area (Å²) >= 11 is 0. The van der Waals surface area contributed by atoms with Gasteiger partial charge in [0.05, 0.1) is 6.04 Å². The maximum atomic E-state index is 12.5. The number of likely N-dealkylation sites (N-methyl/N-ethyl adjacent to an activating group) is 1. The van der Waals surface area contributed by atoms with Crippen LogP contribution in [0.3, 0.4) is 0 Å². The molecular formula is C9H10F5NOS. The molecule has 98 valence electrons. The monoisotopic (exact) mass is 275 g/mol. The van der Waals surface area contributed by atoms with Crippen molar-refractivity contribution < 1.29 is 24.2 Å². The zero-order valence-electron chi connectivity index (χ0n) is 8.72. The van der Waals surface area contributed by atoms with Crippen molar-refractivity contribution in [2.75, 3.05) is 13.7 Å². The molecule has 0 amide bonds. The van der Waals surface area contributed by atoms with Gasteiger partial charge < -0.3 is 10.1 Å². The number of hydrogen-bond acceptors (Lipinski definition) is 2. The number of ether oxygens (including phenoxy) is 1. The molecule has 0 saturated carbocycles. The van der Waals surface area contributed by atoms with Gasteiger partial charge in [-0.2, -0.15) is 0 Å². The van der Waals surface area contributed by atoms with E-state index in [9.17, 15) is 19.4 Å². The van der Waals surface area contributed by atoms with Crippen LogP contribution in [0, 0.1) is 0 Å². The third-order valence-corrected chi connectivity index (χ3v) is 3.70. The Morgan fingerprint density at radius 1 is 1.24 bits per heavy atom. The highest BCUT2D eigenvalue weighted by atomic mass is 32.5. The number of fused-ring (bicyclic) bond motifs is 1. The van der Waals surface area contributed by atoms with Gasteiger partial charge in [-0.15, -0.1) is 0 Å². The fraction of sp³-hybridized carbons (Fsp3) is 0.333. The van der Waals surface area contributed by atoms with Crippen LogP contribution in [0.25, 0.3) is 0 Å². The molecule has 0 unspecified atom stereocenters. The molecule has 1 aliphatic heterocycles. The Bertz CT molecular complexity index is 471. The molecule has 1 aromatic rings. The van der Waals surface area contributed by atoms with Crippen molar-refractivity contribution in [3.05, 3.63) is 23.8 Å². The van der Waals surface area contributed by atoms with Crippen LogP contribution in [0.4, 0.5) is 19.4 Å². The minimum Gasteiger partial charge on any atom is -0.491 e. The highest BCUT2D eigenvalue weighted by Gasteiger charge is 2.65. The summed E-state index contributed by atoms with van der Waals surface area (Å²) in [4.78, 5) is -1.92. The molecule has 0 spiro atoms. The highest BCUT2D eigenvalue weighted by molar-refractivity contribution is 8.45. The molecule has 0 radical (unpaired) electrons. The SMILES string of the molecule is CN[C@@H]1COc2cc(S(F)(F)(F)(F)F)ccc21. The van der Waals surface area contributed by atoms with Crippen molar-refractivity contribution in [2.24, 2.45) is 0 Å². The largest absolute Gasteiger partial charge is 0.491 e. The number of hydrogen-bond donors (Lipinski definition) is 1. The second kappa shape index (κ2) is 2.86. The van der Waals surface area contributed by atoms with E-state index < -0.39 is 15.1 Å². The molecule has 1 aromatic carbocycles. The quantitative estimate of drug-likeness (QED) is 0.824. The van der Waals surface area contributed by atoms with Crippen molar-refractivity contribution in [3.8, 4) is 5.75 Å². The van der Waals surface area contributed by atoms with Crippen LogP contribution in [0.15, 0.2) is 23.1 Å². The first kappa shape index (κ1) is 12.4. The zero-order chi connectivity index (χ0) is 13.0. The lowest BCUT2D eigenvalue weighted by molar-refractivity contribution is 0.316. The number of halogens is 5. The van der Waals surface area contributed by atoms with Crippen molar-refractivity contribution in [3.63, 3.8) is 0 Å². The number of benzene rings is 1. The Labute approximate surface area is 94.5 Å². The highest BCUT2D eigenvalue weighted by Crippen LogP contribution is 3.02. The average Bonchev–Trinajstić information content (AvgIpc) is 2.55. The van der Waals surface area contributed by atoms with Crippen molar-refractivity contribution >= 4 is 10.2 Å². The number of nitrogens with one attached hydrogen (secondary N) is 1. The zero-order valence-corrected chi connectivity index (χ0v) is 9.54. The predicted molar refractivity (Wildman–Crippen MR) is 55.1 cm³/mol. The molecule has 0 fully saturated rings. The van der Waals surface area contributed by atoms with Gasteiger partial charge in [0.1, 0.15) is 17.3 Å². The molecule has 1 atom stereocenters. The van der Waals surface area contributed by atoms with Gasteiger partial charge in [0.2, 0.25) is 0 Å². The average molecular weight is 275 g/mol. The van der Waals surface area contributed by atoms with E-state index in [4.69, 9.17) is 4.74 Å². The van der Waals surface area contributed by atoms with Crippen molar-refractivity contribution in [1.29, 1.82) is 0 Å². The van der Waals surface area contributed by atoms with Gasteiger partial charge in [0, 0.05) is 11.6 Å². The van der Waals surface area contributed by atoms with E-state index in [0.717, 1.165) is 6.07 Å². The summed E-state index contributed by atoms with van der Waals surface area (Å²) in [6.07, 6.45) is 0. The van der Waals surface area contributed by atoms with Gasteiger partial charge in [0.15, 0.2) is 0 Å². The first-order chi connectivity index (χ1) is 7.51. The Balaban J connectivity index is 2.52. The standard InChI is InChI=1S/C9H10F5NOS/c1-15-8-5-16-9-4-6(2-3-7(8)9)17(10,11,12,13)14/h2-4,8,15H,5H2,1H3/t8-/m1/s1. The molecule has 0 aliphatic carbocycles. The van der Waals surface area contributed by atoms with Gasteiger partial charge in [-0.3, -0.25) is 0 Å². The van der Waals surface area contributed by atoms with E-state index >= 15 is 0 Å². The Morgan fingerprint density at radius 3 is 2.41 bits per heavy atom. The van der Waals surface area contributed by atoms with Crippen LogP contribution in [0.1, 0.15) is 11.6 Å². The summed E-state index contributed by atoms with van der Waals surface area (Å²) < 4.78 is 67.6. The molecule has 1 aliphatic rings. The smallest absolute Gasteiger partial charge is 0.310 e. The maximum Gasteiger partial charge on any atom is 0.310 e. The molecule has 2 nitrogen and oxygen atoms in total. The Kier molecular flexibility index (Phi) is 2.09. The van der Waals surface area contributed by atoms with Crippen LogP contribution >= 0.6 is 10.2 Å². The molecular weight excluding hydrogens is 265 g/mol. The van der Waals surface area contributed by atoms with Gasteiger partial charge in [-0.05, 0) is 13.1 Å². The van der Waals surface area contributed by atoms with E-state index in [1.165, 1.54) is 0 Å². The molecule has 1 N–H and O–H groups in total. The van der Waals surface area contributed by atoms with E-state index in [1.54, 1.807) is 7.05 Å². The Hall–Kier alpha value is -1.02. The summed E-state index contributed by atoms with van der Waals surface area (Å²) in [6, 6.07) is 1.53. The molecule has 0 bridgehead atoms. The fourth-order valence-corrected chi connectivity index (χ4v) is 2.32. The fourth-order valence-electron chi connectivity index (χ4n) is 1.67. The van der Waals surface area contributed by atoms with Gasteiger partial charge in [0.25, 0.3) is 0 Å². The van der Waals surface area contributed by atoms with Crippen LogP contribution in [-0.2, 0) is 0 Å². The van der Waals surface area contributed by atoms with E-state index in [0.29, 0.717) is 17.7 Å². The third kappa shape index (κ3) is 2.32. The lowest BCUT2D eigenvalue weighted by Crippen LogP contribution is -2.17. The van der Waals surface area contributed by atoms with E-state index in [2.05, 4.69) is 5.32 Å². The lowest BCUT2D eigenvalue weighted by Gasteiger charge is -2.40. The Morgan fingerprint density at radius 2 is 1.88 bits per heavy atom. The van der Waals surface area contributed by atoms with E-state index in [1.807, 2.05) is 0 Å². The summed E-state index contributed by atoms with van der Waals surface area (Å²) in [5.41, 5.74) is 0.457.